The molecule has 1 aromatic rings. The zero-order valence-electron chi connectivity index (χ0n) is 8.93. The summed E-state index contributed by atoms with van der Waals surface area (Å²) < 4.78 is 6.77. The number of carbonyl (C=O) groups excluding carboxylic acids is 1. The van der Waals surface area contributed by atoms with Crippen molar-refractivity contribution >= 4 is 43.5 Å². The molecule has 0 unspecified atom stereocenters. The van der Waals surface area contributed by atoms with Crippen LogP contribution in [0.25, 0.3) is 0 Å². The molecule has 0 spiro atoms. The number of halogens is 2. The first-order chi connectivity index (χ1) is 7.65. The van der Waals surface area contributed by atoms with Gasteiger partial charge in [0.15, 0.2) is 0 Å². The highest BCUT2D eigenvalue weighted by molar-refractivity contribution is 9.13. The molecule has 0 aliphatic rings. The third kappa shape index (κ3) is 4.14. The van der Waals surface area contributed by atoms with Crippen molar-refractivity contribution in [2.45, 2.75) is 13.3 Å². The lowest BCUT2D eigenvalue weighted by Crippen LogP contribution is -2.11. The number of esters is 1. The lowest BCUT2D eigenvalue weighted by atomic mass is 10.3. The van der Waals surface area contributed by atoms with Gasteiger partial charge in [-0.05, 0) is 50.9 Å². The van der Waals surface area contributed by atoms with Crippen LogP contribution in [0.2, 0.25) is 0 Å². The molecule has 88 valence electrons. The number of carbonyl (C=O) groups is 1. The number of nitrogens with one attached hydrogen (secondary N) is 1. The van der Waals surface area contributed by atoms with Gasteiger partial charge < -0.3 is 10.1 Å². The van der Waals surface area contributed by atoms with Crippen LogP contribution >= 0.6 is 31.9 Å². The molecule has 0 saturated carbocycles. The fourth-order valence-corrected chi connectivity index (χ4v) is 1.94. The molecule has 3 nitrogen and oxygen atoms in total. The Labute approximate surface area is 112 Å². The van der Waals surface area contributed by atoms with Crippen molar-refractivity contribution in [3.8, 4) is 0 Å². The van der Waals surface area contributed by atoms with Crippen LogP contribution in [0, 0.1) is 0 Å². The maximum atomic E-state index is 11.1. The van der Waals surface area contributed by atoms with E-state index in [1.54, 1.807) is 6.92 Å². The molecule has 16 heavy (non-hydrogen) atoms. The van der Waals surface area contributed by atoms with Gasteiger partial charge in [-0.1, -0.05) is 6.07 Å². The van der Waals surface area contributed by atoms with E-state index in [-0.39, 0.29) is 5.97 Å². The topological polar surface area (TPSA) is 38.3 Å². The molecule has 0 fully saturated rings. The molecule has 0 aromatic heterocycles. The molecule has 0 aliphatic carbocycles. The normalized spacial score (nSPS) is 9.94. The third-order valence-corrected chi connectivity index (χ3v) is 3.95. The molecule has 1 rings (SSSR count). The van der Waals surface area contributed by atoms with Gasteiger partial charge in [0.1, 0.15) is 0 Å². The highest BCUT2D eigenvalue weighted by Gasteiger charge is 2.04. The SMILES string of the molecule is CCOC(=O)CCNc1cccc(Br)c1Br. The standard InChI is InChI=1S/C11H13Br2NO2/c1-2-16-10(15)6-7-14-9-5-3-4-8(12)11(9)13/h3-5,14H,2,6-7H2,1H3. The van der Waals surface area contributed by atoms with Crippen LogP contribution in [0.4, 0.5) is 5.69 Å². The lowest BCUT2D eigenvalue weighted by Gasteiger charge is -2.09. The highest BCUT2D eigenvalue weighted by Crippen LogP contribution is 2.30. The van der Waals surface area contributed by atoms with E-state index < -0.39 is 0 Å². The molecule has 0 radical (unpaired) electrons. The molecule has 0 amide bonds. The lowest BCUT2D eigenvalue weighted by molar-refractivity contribution is -0.142. The average molecular weight is 351 g/mol. The molecular formula is C11H13Br2NO2. The third-order valence-electron chi connectivity index (χ3n) is 1.90. The Hall–Kier alpha value is -0.550. The van der Waals surface area contributed by atoms with Crippen molar-refractivity contribution in [2.24, 2.45) is 0 Å². The summed E-state index contributed by atoms with van der Waals surface area (Å²) in [5.41, 5.74) is 0.957. The van der Waals surface area contributed by atoms with E-state index in [0.29, 0.717) is 19.6 Å². The van der Waals surface area contributed by atoms with E-state index in [4.69, 9.17) is 4.74 Å². The van der Waals surface area contributed by atoms with Gasteiger partial charge in [-0.2, -0.15) is 0 Å². The van der Waals surface area contributed by atoms with Crippen LogP contribution < -0.4 is 5.32 Å². The maximum absolute atomic E-state index is 11.1. The number of benzene rings is 1. The zero-order valence-corrected chi connectivity index (χ0v) is 12.1. The minimum atomic E-state index is -0.180. The minimum Gasteiger partial charge on any atom is -0.466 e. The van der Waals surface area contributed by atoms with E-state index in [9.17, 15) is 4.79 Å². The second-order valence-electron chi connectivity index (χ2n) is 3.08. The average Bonchev–Trinajstić information content (AvgIpc) is 2.25. The summed E-state index contributed by atoms with van der Waals surface area (Å²) in [6.07, 6.45) is 0.368. The molecule has 0 bridgehead atoms. The highest BCUT2D eigenvalue weighted by atomic mass is 79.9. The predicted octanol–water partition coefficient (Wildman–Crippen LogP) is 3.58. The largest absolute Gasteiger partial charge is 0.466 e. The molecule has 1 aromatic carbocycles. The minimum absolute atomic E-state index is 0.180. The predicted molar refractivity (Wildman–Crippen MR) is 71.6 cm³/mol. The zero-order chi connectivity index (χ0) is 12.0. The molecule has 1 N–H and O–H groups in total. The first kappa shape index (κ1) is 13.5. The first-order valence-corrected chi connectivity index (χ1v) is 6.57. The molecule has 0 saturated heterocycles. The second kappa shape index (κ2) is 6.91. The number of hydrogen-bond acceptors (Lipinski definition) is 3. The van der Waals surface area contributed by atoms with Crippen molar-refractivity contribution in [2.75, 3.05) is 18.5 Å². The molecule has 0 aliphatic heterocycles. The first-order valence-electron chi connectivity index (χ1n) is 4.98. The maximum Gasteiger partial charge on any atom is 0.307 e. The van der Waals surface area contributed by atoms with Gasteiger partial charge in [-0.15, -0.1) is 0 Å². The van der Waals surface area contributed by atoms with Crippen molar-refractivity contribution in [3.63, 3.8) is 0 Å². The van der Waals surface area contributed by atoms with Crippen molar-refractivity contribution in [1.29, 1.82) is 0 Å². The van der Waals surface area contributed by atoms with Gasteiger partial charge >= 0.3 is 5.97 Å². The van der Waals surface area contributed by atoms with E-state index >= 15 is 0 Å². The Morgan fingerprint density at radius 2 is 2.19 bits per heavy atom. The van der Waals surface area contributed by atoms with Gasteiger partial charge in [-0.3, -0.25) is 4.79 Å². The summed E-state index contributed by atoms with van der Waals surface area (Å²) in [4.78, 5) is 11.1. The molecule has 5 heteroatoms. The van der Waals surface area contributed by atoms with Gasteiger partial charge in [0.05, 0.1) is 17.5 Å². The van der Waals surface area contributed by atoms with Crippen molar-refractivity contribution in [1.82, 2.24) is 0 Å². The van der Waals surface area contributed by atoms with Crippen LogP contribution in [0.1, 0.15) is 13.3 Å². The van der Waals surface area contributed by atoms with Gasteiger partial charge in [-0.25, -0.2) is 0 Å². The van der Waals surface area contributed by atoms with Gasteiger partial charge in [0, 0.05) is 16.7 Å². The quantitative estimate of drug-likeness (QED) is 0.825. The smallest absolute Gasteiger partial charge is 0.307 e. The molecule has 0 atom stereocenters. The summed E-state index contributed by atoms with van der Waals surface area (Å²) >= 11 is 6.87. The van der Waals surface area contributed by atoms with Crippen molar-refractivity contribution < 1.29 is 9.53 Å². The number of anilines is 1. The fourth-order valence-electron chi connectivity index (χ4n) is 1.17. The van der Waals surface area contributed by atoms with E-state index in [0.717, 1.165) is 14.6 Å². The monoisotopic (exact) mass is 349 g/mol. The summed E-state index contributed by atoms with van der Waals surface area (Å²) in [6, 6.07) is 5.82. The number of rotatable bonds is 5. The summed E-state index contributed by atoms with van der Waals surface area (Å²) in [5, 5.41) is 3.17. The van der Waals surface area contributed by atoms with Crippen LogP contribution in [-0.2, 0) is 9.53 Å². The van der Waals surface area contributed by atoms with Crippen LogP contribution in [0.3, 0.4) is 0 Å². The number of hydrogen-bond donors (Lipinski definition) is 1. The van der Waals surface area contributed by atoms with E-state index in [2.05, 4.69) is 37.2 Å². The summed E-state index contributed by atoms with van der Waals surface area (Å²) in [5.74, 6) is -0.180. The van der Waals surface area contributed by atoms with Crippen LogP contribution in [0.5, 0.6) is 0 Å². The Morgan fingerprint density at radius 1 is 1.44 bits per heavy atom. The Bertz CT molecular complexity index is 369. The van der Waals surface area contributed by atoms with Crippen molar-refractivity contribution in [3.05, 3.63) is 27.1 Å². The Morgan fingerprint density at radius 3 is 2.88 bits per heavy atom. The van der Waals surface area contributed by atoms with E-state index in [1.165, 1.54) is 0 Å². The fraction of sp³-hybridized carbons (Fsp3) is 0.364. The van der Waals surface area contributed by atoms with Gasteiger partial charge in [0.2, 0.25) is 0 Å². The number of ether oxygens (including phenoxy) is 1. The van der Waals surface area contributed by atoms with Gasteiger partial charge in [0.25, 0.3) is 0 Å². The second-order valence-corrected chi connectivity index (χ2v) is 4.73. The molecular weight excluding hydrogens is 338 g/mol. The van der Waals surface area contributed by atoms with E-state index in [1.807, 2.05) is 18.2 Å². The summed E-state index contributed by atoms with van der Waals surface area (Å²) in [7, 11) is 0. The molecule has 0 heterocycles. The summed E-state index contributed by atoms with van der Waals surface area (Å²) in [6.45, 7) is 2.80. The van der Waals surface area contributed by atoms with Crippen LogP contribution in [-0.4, -0.2) is 19.1 Å². The Kier molecular flexibility index (Phi) is 5.84. The van der Waals surface area contributed by atoms with Crippen LogP contribution in [0.15, 0.2) is 27.1 Å². The Balaban J connectivity index is 2.43.